The van der Waals surface area contributed by atoms with Crippen LogP contribution in [0.15, 0.2) is 24.3 Å². The van der Waals surface area contributed by atoms with Crippen LogP contribution in [0.5, 0.6) is 0 Å². The van der Waals surface area contributed by atoms with Crippen molar-refractivity contribution < 1.29 is 14.7 Å². The summed E-state index contributed by atoms with van der Waals surface area (Å²) < 4.78 is 0. The molecule has 0 aromatic heterocycles. The van der Waals surface area contributed by atoms with Crippen molar-refractivity contribution in [1.82, 2.24) is 10.6 Å². The minimum atomic E-state index is -0.963. The molecule has 0 saturated heterocycles. The molecule has 22 heavy (non-hydrogen) atoms. The molecule has 0 fully saturated rings. The van der Waals surface area contributed by atoms with Gasteiger partial charge in [-0.2, -0.15) is 5.26 Å². The molecule has 0 aliphatic rings. The van der Waals surface area contributed by atoms with E-state index in [-0.39, 0.29) is 17.9 Å². The van der Waals surface area contributed by atoms with Crippen molar-refractivity contribution in [1.29, 1.82) is 5.26 Å². The number of nitrogens with zero attached hydrogens (tertiary/aromatic N) is 1. The SMILES string of the molecule is CC(C)(C)c1ccc(C(=O)NCC(=O)N[C@H](C#N)CO)cc1. The Morgan fingerprint density at radius 1 is 1.27 bits per heavy atom. The molecule has 6 nitrogen and oxygen atoms in total. The molecule has 1 aromatic rings. The molecule has 1 atom stereocenters. The van der Waals surface area contributed by atoms with E-state index in [4.69, 9.17) is 10.4 Å². The van der Waals surface area contributed by atoms with E-state index in [1.807, 2.05) is 12.1 Å². The molecule has 0 radical (unpaired) electrons. The van der Waals surface area contributed by atoms with Gasteiger partial charge in [-0.25, -0.2) is 0 Å². The number of nitrogens with one attached hydrogen (secondary N) is 2. The number of aliphatic hydroxyl groups excluding tert-OH is 1. The largest absolute Gasteiger partial charge is 0.393 e. The normalized spacial score (nSPS) is 12.1. The molecule has 2 amide bonds. The highest BCUT2D eigenvalue weighted by Gasteiger charge is 2.15. The Kier molecular flexibility index (Phi) is 6.08. The summed E-state index contributed by atoms with van der Waals surface area (Å²) in [5.74, 6) is -0.895. The van der Waals surface area contributed by atoms with Crippen LogP contribution in [0.1, 0.15) is 36.7 Å². The summed E-state index contributed by atoms with van der Waals surface area (Å²) in [6.45, 7) is 5.53. The second-order valence-corrected chi connectivity index (χ2v) is 5.94. The molecule has 0 bridgehead atoms. The summed E-state index contributed by atoms with van der Waals surface area (Å²) in [7, 11) is 0. The number of aliphatic hydroxyl groups is 1. The number of nitriles is 1. The van der Waals surface area contributed by atoms with Crippen molar-refractivity contribution in [3.8, 4) is 6.07 Å². The number of carbonyl (C=O) groups excluding carboxylic acids is 2. The maximum atomic E-state index is 11.9. The third-order valence-electron chi connectivity index (χ3n) is 3.10. The third kappa shape index (κ3) is 5.19. The minimum Gasteiger partial charge on any atom is -0.393 e. The minimum absolute atomic E-state index is 0.00545. The van der Waals surface area contributed by atoms with Crippen LogP contribution in [0, 0.1) is 11.3 Å². The highest BCUT2D eigenvalue weighted by atomic mass is 16.3. The number of carbonyl (C=O) groups is 2. The Balaban J connectivity index is 2.56. The highest BCUT2D eigenvalue weighted by Crippen LogP contribution is 2.22. The zero-order valence-corrected chi connectivity index (χ0v) is 13.0. The summed E-state index contributed by atoms with van der Waals surface area (Å²) in [5.41, 5.74) is 1.58. The standard InChI is InChI=1S/C16H21N3O3/c1-16(2,3)12-6-4-11(5-7-12)15(22)18-9-14(21)19-13(8-17)10-20/h4-7,13,20H,9-10H2,1-3H3,(H,18,22)(H,19,21)/t13-/m1/s1. The van der Waals surface area contributed by atoms with Crippen LogP contribution < -0.4 is 10.6 Å². The fraction of sp³-hybridized carbons (Fsp3) is 0.438. The van der Waals surface area contributed by atoms with E-state index in [2.05, 4.69) is 31.4 Å². The molecule has 118 valence electrons. The maximum absolute atomic E-state index is 11.9. The molecule has 0 aliphatic carbocycles. The van der Waals surface area contributed by atoms with Crippen LogP contribution in [-0.2, 0) is 10.2 Å². The lowest BCUT2D eigenvalue weighted by molar-refractivity contribution is -0.120. The molecule has 6 heteroatoms. The van der Waals surface area contributed by atoms with E-state index in [0.717, 1.165) is 5.56 Å². The molecule has 1 rings (SSSR count). The van der Waals surface area contributed by atoms with E-state index < -0.39 is 18.6 Å². The molecule has 0 aliphatic heterocycles. The van der Waals surface area contributed by atoms with Crippen molar-refractivity contribution in [2.24, 2.45) is 0 Å². The molecule has 0 spiro atoms. The molecular weight excluding hydrogens is 282 g/mol. The highest BCUT2D eigenvalue weighted by molar-refractivity contribution is 5.96. The maximum Gasteiger partial charge on any atom is 0.251 e. The Morgan fingerprint density at radius 2 is 1.86 bits per heavy atom. The lowest BCUT2D eigenvalue weighted by atomic mass is 9.87. The topological polar surface area (TPSA) is 102 Å². The van der Waals surface area contributed by atoms with Crippen LogP contribution in [0.2, 0.25) is 0 Å². The predicted molar refractivity (Wildman–Crippen MR) is 82.1 cm³/mol. The van der Waals surface area contributed by atoms with Crippen LogP contribution in [0.25, 0.3) is 0 Å². The van der Waals surface area contributed by atoms with Gasteiger partial charge < -0.3 is 15.7 Å². The number of hydrogen-bond donors (Lipinski definition) is 3. The quantitative estimate of drug-likeness (QED) is 0.745. The first kappa shape index (κ1) is 17.7. The van der Waals surface area contributed by atoms with Gasteiger partial charge in [0.05, 0.1) is 19.2 Å². The van der Waals surface area contributed by atoms with Crippen LogP contribution >= 0.6 is 0 Å². The monoisotopic (exact) mass is 303 g/mol. The summed E-state index contributed by atoms with van der Waals surface area (Å²) in [6.07, 6.45) is 0. The van der Waals surface area contributed by atoms with Crippen molar-refractivity contribution in [2.75, 3.05) is 13.2 Å². The van der Waals surface area contributed by atoms with Crippen molar-refractivity contribution in [3.05, 3.63) is 35.4 Å². The second-order valence-electron chi connectivity index (χ2n) is 5.94. The summed E-state index contributed by atoms with van der Waals surface area (Å²) in [5, 5.41) is 22.2. The fourth-order valence-corrected chi connectivity index (χ4v) is 1.75. The van der Waals surface area contributed by atoms with Gasteiger partial charge in [0.1, 0.15) is 6.04 Å². The van der Waals surface area contributed by atoms with Gasteiger partial charge in [0.2, 0.25) is 5.91 Å². The Labute approximate surface area is 130 Å². The van der Waals surface area contributed by atoms with Crippen molar-refractivity contribution in [2.45, 2.75) is 32.2 Å². The van der Waals surface area contributed by atoms with Gasteiger partial charge in [-0.1, -0.05) is 32.9 Å². The van der Waals surface area contributed by atoms with Gasteiger partial charge >= 0.3 is 0 Å². The van der Waals surface area contributed by atoms with Crippen LogP contribution in [0.3, 0.4) is 0 Å². The van der Waals surface area contributed by atoms with E-state index in [0.29, 0.717) is 5.56 Å². The zero-order valence-electron chi connectivity index (χ0n) is 13.0. The predicted octanol–water partition coefficient (Wildman–Crippen LogP) is 0.715. The zero-order chi connectivity index (χ0) is 16.8. The number of rotatable bonds is 5. The average molecular weight is 303 g/mol. The first-order valence-electron chi connectivity index (χ1n) is 6.96. The Morgan fingerprint density at radius 3 is 2.32 bits per heavy atom. The molecule has 0 saturated carbocycles. The van der Waals surface area contributed by atoms with E-state index in [1.54, 1.807) is 18.2 Å². The van der Waals surface area contributed by atoms with Crippen LogP contribution in [0.4, 0.5) is 0 Å². The molecule has 3 N–H and O–H groups in total. The lowest BCUT2D eigenvalue weighted by Crippen LogP contribution is -2.42. The van der Waals surface area contributed by atoms with Gasteiger partial charge in [-0.05, 0) is 23.1 Å². The van der Waals surface area contributed by atoms with Gasteiger partial charge in [0.15, 0.2) is 0 Å². The Bertz CT molecular complexity index is 568. The van der Waals surface area contributed by atoms with Gasteiger partial charge in [-0.15, -0.1) is 0 Å². The number of amides is 2. The smallest absolute Gasteiger partial charge is 0.251 e. The molecule has 1 aromatic carbocycles. The Hall–Kier alpha value is -2.39. The number of hydrogen-bond acceptors (Lipinski definition) is 4. The fourth-order valence-electron chi connectivity index (χ4n) is 1.75. The third-order valence-corrected chi connectivity index (χ3v) is 3.10. The lowest BCUT2D eigenvalue weighted by Gasteiger charge is -2.19. The van der Waals surface area contributed by atoms with E-state index in [1.165, 1.54) is 0 Å². The van der Waals surface area contributed by atoms with E-state index in [9.17, 15) is 9.59 Å². The van der Waals surface area contributed by atoms with Gasteiger partial charge in [-0.3, -0.25) is 9.59 Å². The number of benzene rings is 1. The summed E-state index contributed by atoms with van der Waals surface area (Å²) >= 11 is 0. The van der Waals surface area contributed by atoms with Crippen LogP contribution in [-0.4, -0.2) is 36.1 Å². The molecular formula is C16H21N3O3. The first-order valence-corrected chi connectivity index (χ1v) is 6.96. The van der Waals surface area contributed by atoms with Crippen molar-refractivity contribution >= 4 is 11.8 Å². The summed E-state index contributed by atoms with van der Waals surface area (Å²) in [4.78, 5) is 23.4. The summed E-state index contributed by atoms with van der Waals surface area (Å²) in [6, 6.07) is 7.94. The van der Waals surface area contributed by atoms with Crippen molar-refractivity contribution in [3.63, 3.8) is 0 Å². The first-order chi connectivity index (χ1) is 10.3. The molecule has 0 unspecified atom stereocenters. The van der Waals surface area contributed by atoms with Gasteiger partial charge in [0, 0.05) is 5.56 Å². The second kappa shape index (κ2) is 7.57. The molecule has 0 heterocycles. The average Bonchev–Trinajstić information content (AvgIpc) is 2.49. The van der Waals surface area contributed by atoms with E-state index >= 15 is 0 Å². The van der Waals surface area contributed by atoms with Gasteiger partial charge in [0.25, 0.3) is 5.91 Å².